The van der Waals surface area contributed by atoms with Crippen molar-refractivity contribution >= 4 is 12.1 Å². The van der Waals surface area contributed by atoms with Crippen LogP contribution in [0.1, 0.15) is 12.0 Å². The van der Waals surface area contributed by atoms with E-state index in [1.54, 1.807) is 12.1 Å². The Morgan fingerprint density at radius 1 is 1.00 bits per heavy atom. The normalized spacial score (nSPS) is 11.3. The van der Waals surface area contributed by atoms with E-state index < -0.39 is 18.1 Å². The largest absolute Gasteiger partial charge is 0.494 e. The van der Waals surface area contributed by atoms with Crippen molar-refractivity contribution in [2.45, 2.75) is 19.1 Å². The summed E-state index contributed by atoms with van der Waals surface area (Å²) in [5.74, 6) is -0.489. The lowest BCUT2D eigenvalue weighted by Gasteiger charge is -2.15. The molecule has 0 spiro atoms. The minimum absolute atomic E-state index is 0.0829. The maximum Gasteiger partial charge on any atom is 0.408 e. The Bertz CT molecular complexity index is 645. The second kappa shape index (κ2) is 9.19. The van der Waals surface area contributed by atoms with Gasteiger partial charge < -0.3 is 19.9 Å². The number of hydrogen-bond donors (Lipinski definition) is 2. The molecule has 126 valence electrons. The molecule has 6 nitrogen and oxygen atoms in total. The quantitative estimate of drug-likeness (QED) is 0.778. The monoisotopic (exact) mass is 329 g/mol. The number of aliphatic carboxylic acids is 1. The minimum atomic E-state index is -1.14. The van der Waals surface area contributed by atoms with Gasteiger partial charge >= 0.3 is 12.1 Å². The van der Waals surface area contributed by atoms with Crippen molar-refractivity contribution in [2.75, 3.05) is 6.61 Å². The van der Waals surface area contributed by atoms with E-state index in [1.807, 2.05) is 48.5 Å². The van der Waals surface area contributed by atoms with Gasteiger partial charge in [-0.2, -0.15) is 0 Å². The molecule has 0 aliphatic heterocycles. The van der Waals surface area contributed by atoms with Crippen molar-refractivity contribution in [3.8, 4) is 5.75 Å². The number of ether oxygens (including phenoxy) is 2. The minimum Gasteiger partial charge on any atom is -0.494 e. The molecule has 0 heterocycles. The van der Waals surface area contributed by atoms with Crippen LogP contribution < -0.4 is 10.1 Å². The third kappa shape index (κ3) is 6.00. The van der Waals surface area contributed by atoms with Crippen LogP contribution in [0.5, 0.6) is 5.75 Å². The summed E-state index contributed by atoms with van der Waals surface area (Å²) in [6.07, 6.45) is -0.643. The molecule has 0 radical (unpaired) electrons. The van der Waals surface area contributed by atoms with Crippen molar-refractivity contribution in [1.29, 1.82) is 0 Å². The molecule has 2 rings (SSSR count). The Morgan fingerprint density at radius 2 is 1.62 bits per heavy atom. The van der Waals surface area contributed by atoms with E-state index in [1.165, 1.54) is 0 Å². The maximum absolute atomic E-state index is 11.7. The van der Waals surface area contributed by atoms with Crippen LogP contribution in [-0.2, 0) is 16.1 Å². The zero-order valence-electron chi connectivity index (χ0n) is 13.1. The molecule has 1 amide bonds. The van der Waals surface area contributed by atoms with Gasteiger partial charge in [-0.3, -0.25) is 0 Å². The smallest absolute Gasteiger partial charge is 0.408 e. The van der Waals surface area contributed by atoms with Crippen molar-refractivity contribution in [3.63, 3.8) is 0 Å². The molecule has 0 aromatic heterocycles. The highest BCUT2D eigenvalue weighted by Crippen LogP contribution is 2.09. The van der Waals surface area contributed by atoms with Crippen LogP contribution >= 0.6 is 0 Å². The third-order valence-electron chi connectivity index (χ3n) is 3.22. The van der Waals surface area contributed by atoms with Crippen LogP contribution in [0.3, 0.4) is 0 Å². The standard InChI is InChI=1S/C18H19NO5/c20-17(21)16(11-12-23-15-9-5-2-6-10-15)19-18(22)24-13-14-7-3-1-4-8-14/h1-10,16H,11-13H2,(H,19,22)(H,20,21)/t16-/m1/s1. The van der Waals surface area contributed by atoms with E-state index in [0.29, 0.717) is 5.75 Å². The van der Waals surface area contributed by atoms with Crippen LogP contribution in [0.15, 0.2) is 60.7 Å². The number of carbonyl (C=O) groups is 2. The first-order valence-corrected chi connectivity index (χ1v) is 7.53. The lowest BCUT2D eigenvalue weighted by molar-refractivity contribution is -0.139. The highest BCUT2D eigenvalue weighted by atomic mass is 16.5. The van der Waals surface area contributed by atoms with Crippen molar-refractivity contribution in [3.05, 3.63) is 66.2 Å². The van der Waals surface area contributed by atoms with Gasteiger partial charge in [0.2, 0.25) is 0 Å². The Labute approximate surface area is 140 Å². The fourth-order valence-corrected chi connectivity index (χ4v) is 1.98. The van der Waals surface area contributed by atoms with Crippen LogP contribution in [0, 0.1) is 0 Å². The van der Waals surface area contributed by atoms with Crippen molar-refractivity contribution in [1.82, 2.24) is 5.32 Å². The van der Waals surface area contributed by atoms with E-state index in [0.717, 1.165) is 5.56 Å². The Morgan fingerprint density at radius 3 is 2.25 bits per heavy atom. The van der Waals surface area contributed by atoms with Crippen LogP contribution in [0.25, 0.3) is 0 Å². The molecule has 24 heavy (non-hydrogen) atoms. The molecule has 2 aromatic rings. The highest BCUT2D eigenvalue weighted by molar-refractivity contribution is 5.79. The number of alkyl carbamates (subject to hydrolysis) is 1. The summed E-state index contributed by atoms with van der Waals surface area (Å²) in [6.45, 7) is 0.249. The van der Waals surface area contributed by atoms with Gasteiger partial charge in [0.1, 0.15) is 18.4 Å². The summed E-state index contributed by atoms with van der Waals surface area (Å²) in [6, 6.07) is 17.1. The molecular weight excluding hydrogens is 310 g/mol. The van der Waals surface area contributed by atoms with Crippen LogP contribution in [0.2, 0.25) is 0 Å². The first kappa shape index (κ1) is 17.3. The topological polar surface area (TPSA) is 84.9 Å². The lowest BCUT2D eigenvalue weighted by atomic mass is 10.2. The first-order chi connectivity index (χ1) is 11.6. The van der Waals surface area contributed by atoms with E-state index >= 15 is 0 Å². The van der Waals surface area contributed by atoms with Gasteiger partial charge in [0.15, 0.2) is 0 Å². The number of carbonyl (C=O) groups excluding carboxylic acids is 1. The predicted molar refractivity (Wildman–Crippen MR) is 87.7 cm³/mol. The Balaban J connectivity index is 1.75. The molecule has 0 bridgehead atoms. The number of benzene rings is 2. The van der Waals surface area contributed by atoms with E-state index in [-0.39, 0.29) is 19.6 Å². The summed E-state index contributed by atoms with van der Waals surface area (Å²) in [4.78, 5) is 23.0. The van der Waals surface area contributed by atoms with Crippen molar-refractivity contribution < 1.29 is 24.2 Å². The molecule has 0 saturated carbocycles. The second-order valence-electron chi connectivity index (χ2n) is 5.05. The molecule has 1 atom stereocenters. The zero-order valence-corrected chi connectivity index (χ0v) is 13.1. The van der Waals surface area contributed by atoms with Gasteiger partial charge in [-0.25, -0.2) is 9.59 Å². The SMILES string of the molecule is O=C(N[C@H](CCOc1ccccc1)C(=O)O)OCc1ccccc1. The van der Waals surface area contributed by atoms with Gasteiger partial charge in [-0.15, -0.1) is 0 Å². The molecule has 0 aliphatic rings. The van der Waals surface area contributed by atoms with Crippen LogP contribution in [0.4, 0.5) is 4.79 Å². The molecule has 2 N–H and O–H groups in total. The molecule has 0 fully saturated rings. The van der Waals surface area contributed by atoms with Gasteiger partial charge in [0.25, 0.3) is 0 Å². The summed E-state index contributed by atoms with van der Waals surface area (Å²) in [5, 5.41) is 11.5. The number of carboxylic acid groups (broad SMARTS) is 1. The lowest BCUT2D eigenvalue weighted by Crippen LogP contribution is -2.42. The number of hydrogen-bond acceptors (Lipinski definition) is 4. The summed E-state index contributed by atoms with van der Waals surface area (Å²) in [5.41, 5.74) is 0.826. The maximum atomic E-state index is 11.7. The van der Waals surface area contributed by atoms with Gasteiger partial charge in [-0.05, 0) is 17.7 Å². The molecular formula is C18H19NO5. The van der Waals surface area contributed by atoms with E-state index in [2.05, 4.69) is 5.32 Å². The van der Waals surface area contributed by atoms with E-state index in [4.69, 9.17) is 9.47 Å². The number of carboxylic acids is 1. The van der Waals surface area contributed by atoms with Crippen molar-refractivity contribution in [2.24, 2.45) is 0 Å². The summed E-state index contributed by atoms with van der Waals surface area (Å²) < 4.78 is 10.5. The Hall–Kier alpha value is -3.02. The number of amides is 1. The zero-order chi connectivity index (χ0) is 17.2. The molecule has 0 aliphatic carbocycles. The second-order valence-corrected chi connectivity index (χ2v) is 5.05. The summed E-state index contributed by atoms with van der Waals surface area (Å²) in [7, 11) is 0. The summed E-state index contributed by atoms with van der Waals surface area (Å²) >= 11 is 0. The number of rotatable bonds is 8. The average molecular weight is 329 g/mol. The Kier molecular flexibility index (Phi) is 6.64. The average Bonchev–Trinajstić information content (AvgIpc) is 2.61. The highest BCUT2D eigenvalue weighted by Gasteiger charge is 2.20. The first-order valence-electron chi connectivity index (χ1n) is 7.53. The van der Waals surface area contributed by atoms with Gasteiger partial charge in [0, 0.05) is 6.42 Å². The van der Waals surface area contributed by atoms with Crippen LogP contribution in [-0.4, -0.2) is 29.8 Å². The predicted octanol–water partition coefficient (Wildman–Crippen LogP) is 2.84. The molecule has 0 unspecified atom stereocenters. The van der Waals surface area contributed by atoms with Gasteiger partial charge in [-0.1, -0.05) is 48.5 Å². The van der Waals surface area contributed by atoms with E-state index in [9.17, 15) is 14.7 Å². The fourth-order valence-electron chi connectivity index (χ4n) is 1.98. The fraction of sp³-hybridized carbons (Fsp3) is 0.222. The molecule has 0 saturated heterocycles. The molecule has 2 aromatic carbocycles. The number of para-hydroxylation sites is 1. The number of nitrogens with one attached hydrogen (secondary N) is 1. The molecule has 6 heteroatoms. The van der Waals surface area contributed by atoms with Gasteiger partial charge in [0.05, 0.1) is 6.61 Å². The third-order valence-corrected chi connectivity index (χ3v) is 3.22.